The van der Waals surface area contributed by atoms with Crippen LogP contribution in [0.3, 0.4) is 0 Å². The van der Waals surface area contributed by atoms with E-state index in [1.165, 1.54) is 0 Å². The zero-order valence-electron chi connectivity index (χ0n) is 8.58. The van der Waals surface area contributed by atoms with Gasteiger partial charge in [0.15, 0.2) is 0 Å². The van der Waals surface area contributed by atoms with Gasteiger partial charge in [-0.25, -0.2) is 4.52 Å². The van der Waals surface area contributed by atoms with Crippen LogP contribution in [0, 0.1) is 6.92 Å². The highest BCUT2D eigenvalue weighted by Gasteiger charge is 2.15. The molecule has 3 aromatic rings. The molecular weight excluding hydrogens is 206 g/mol. The first-order valence-electron chi connectivity index (χ1n) is 4.77. The predicted molar refractivity (Wildman–Crippen MR) is 57.6 cm³/mol. The number of fused-ring (bicyclic) bond motifs is 1. The molecule has 0 radical (unpaired) electrons. The Bertz CT molecular complexity index is 654. The molecule has 0 amide bonds. The Morgan fingerprint density at radius 3 is 3.00 bits per heavy atom. The number of hydrogen-bond donors (Lipinski definition) is 1. The molecule has 0 unspecified atom stereocenters. The first kappa shape index (κ1) is 8.90. The molecule has 0 saturated heterocycles. The topological polar surface area (TPSA) is 82.2 Å². The van der Waals surface area contributed by atoms with Gasteiger partial charge in [-0.3, -0.25) is 4.98 Å². The van der Waals surface area contributed by atoms with Crippen LogP contribution in [0.15, 0.2) is 29.3 Å². The maximum Gasteiger partial charge on any atom is 0.225 e. The number of nitrogens with zero attached hydrogens (tertiary/aromatic N) is 4. The summed E-state index contributed by atoms with van der Waals surface area (Å²) in [5.74, 6) is 0.332. The van der Waals surface area contributed by atoms with Crippen molar-refractivity contribution in [1.82, 2.24) is 19.8 Å². The Balaban J connectivity index is 2.30. The SMILES string of the molecule is Cc1c(-c2cnn3ccncc23)noc1N. The summed E-state index contributed by atoms with van der Waals surface area (Å²) in [7, 11) is 0. The smallest absolute Gasteiger partial charge is 0.225 e. The summed E-state index contributed by atoms with van der Waals surface area (Å²) in [6.07, 6.45) is 6.90. The molecule has 0 spiro atoms. The molecule has 3 aromatic heterocycles. The molecule has 80 valence electrons. The molecule has 0 saturated carbocycles. The van der Waals surface area contributed by atoms with Gasteiger partial charge < -0.3 is 10.3 Å². The molecule has 3 rings (SSSR count). The van der Waals surface area contributed by atoms with E-state index in [0.29, 0.717) is 11.6 Å². The maximum atomic E-state index is 5.62. The van der Waals surface area contributed by atoms with E-state index in [4.69, 9.17) is 10.3 Å². The number of nitrogen functional groups attached to an aromatic ring is 1. The Morgan fingerprint density at radius 1 is 1.38 bits per heavy atom. The summed E-state index contributed by atoms with van der Waals surface area (Å²) in [4.78, 5) is 4.06. The second-order valence-corrected chi connectivity index (χ2v) is 3.48. The first-order valence-corrected chi connectivity index (χ1v) is 4.77. The van der Waals surface area contributed by atoms with Gasteiger partial charge in [-0.1, -0.05) is 5.16 Å². The van der Waals surface area contributed by atoms with Crippen molar-refractivity contribution >= 4 is 11.4 Å². The van der Waals surface area contributed by atoms with E-state index >= 15 is 0 Å². The zero-order valence-corrected chi connectivity index (χ0v) is 8.58. The van der Waals surface area contributed by atoms with Crippen molar-refractivity contribution in [2.24, 2.45) is 0 Å². The second-order valence-electron chi connectivity index (χ2n) is 3.48. The number of aromatic nitrogens is 4. The van der Waals surface area contributed by atoms with Crippen molar-refractivity contribution in [3.05, 3.63) is 30.4 Å². The quantitative estimate of drug-likeness (QED) is 0.661. The third-order valence-electron chi connectivity index (χ3n) is 2.54. The normalized spacial score (nSPS) is 11.1. The van der Waals surface area contributed by atoms with E-state index in [9.17, 15) is 0 Å². The van der Waals surface area contributed by atoms with Crippen molar-refractivity contribution in [3.8, 4) is 11.3 Å². The average molecular weight is 215 g/mol. The van der Waals surface area contributed by atoms with Gasteiger partial charge in [0.25, 0.3) is 0 Å². The highest BCUT2D eigenvalue weighted by atomic mass is 16.5. The molecule has 3 heterocycles. The van der Waals surface area contributed by atoms with E-state index in [0.717, 1.165) is 16.6 Å². The number of anilines is 1. The van der Waals surface area contributed by atoms with E-state index in [1.54, 1.807) is 29.3 Å². The summed E-state index contributed by atoms with van der Waals surface area (Å²) < 4.78 is 6.67. The average Bonchev–Trinajstić information content (AvgIpc) is 2.85. The van der Waals surface area contributed by atoms with Crippen LogP contribution >= 0.6 is 0 Å². The lowest BCUT2D eigenvalue weighted by molar-refractivity contribution is 0.439. The van der Waals surface area contributed by atoms with Gasteiger partial charge in [0.1, 0.15) is 5.69 Å². The Labute approximate surface area is 90.7 Å². The van der Waals surface area contributed by atoms with Crippen LogP contribution in [-0.2, 0) is 0 Å². The van der Waals surface area contributed by atoms with Crippen molar-refractivity contribution in [1.29, 1.82) is 0 Å². The molecule has 0 atom stereocenters. The van der Waals surface area contributed by atoms with Crippen LogP contribution in [0.25, 0.3) is 16.8 Å². The number of hydrogen-bond acceptors (Lipinski definition) is 5. The molecule has 6 nitrogen and oxygen atoms in total. The lowest BCUT2D eigenvalue weighted by Gasteiger charge is -1.94. The minimum atomic E-state index is 0.332. The van der Waals surface area contributed by atoms with Crippen LogP contribution in [0.1, 0.15) is 5.56 Å². The minimum absolute atomic E-state index is 0.332. The fraction of sp³-hybridized carbons (Fsp3) is 0.100. The fourth-order valence-electron chi connectivity index (χ4n) is 1.62. The summed E-state index contributed by atoms with van der Waals surface area (Å²) in [6.45, 7) is 1.86. The molecule has 16 heavy (non-hydrogen) atoms. The number of nitrogens with two attached hydrogens (primary N) is 1. The van der Waals surface area contributed by atoms with Gasteiger partial charge in [-0.05, 0) is 6.92 Å². The standard InChI is InChI=1S/C10H9N5O/c1-6-9(14-16-10(6)11)7-4-13-15-3-2-12-5-8(7)15/h2-5H,11H2,1H3. The fourth-order valence-corrected chi connectivity index (χ4v) is 1.62. The van der Waals surface area contributed by atoms with Crippen molar-refractivity contribution < 1.29 is 4.52 Å². The Morgan fingerprint density at radius 2 is 2.25 bits per heavy atom. The van der Waals surface area contributed by atoms with Gasteiger partial charge in [0.2, 0.25) is 5.88 Å². The summed E-state index contributed by atoms with van der Waals surface area (Å²) >= 11 is 0. The van der Waals surface area contributed by atoms with Gasteiger partial charge in [-0.2, -0.15) is 5.10 Å². The summed E-state index contributed by atoms with van der Waals surface area (Å²) in [5, 5.41) is 8.13. The van der Waals surface area contributed by atoms with Crippen molar-refractivity contribution in [2.45, 2.75) is 6.92 Å². The van der Waals surface area contributed by atoms with E-state index in [2.05, 4.69) is 15.2 Å². The Hall–Kier alpha value is -2.37. The highest BCUT2D eigenvalue weighted by Crippen LogP contribution is 2.28. The van der Waals surface area contributed by atoms with Crippen LogP contribution in [0.4, 0.5) is 5.88 Å². The van der Waals surface area contributed by atoms with Crippen LogP contribution < -0.4 is 5.73 Å². The first-order chi connectivity index (χ1) is 7.77. The molecule has 0 aromatic carbocycles. The largest absolute Gasteiger partial charge is 0.367 e. The summed E-state index contributed by atoms with van der Waals surface area (Å²) in [5.41, 5.74) is 8.89. The van der Waals surface area contributed by atoms with E-state index in [-0.39, 0.29) is 0 Å². The lowest BCUT2D eigenvalue weighted by Crippen LogP contribution is -1.87. The molecular formula is C10H9N5O. The highest BCUT2D eigenvalue weighted by molar-refractivity contribution is 5.79. The predicted octanol–water partition coefficient (Wildman–Crippen LogP) is 1.27. The molecule has 0 fully saturated rings. The molecule has 0 aliphatic heterocycles. The molecule has 2 N–H and O–H groups in total. The van der Waals surface area contributed by atoms with Crippen LogP contribution in [-0.4, -0.2) is 19.8 Å². The van der Waals surface area contributed by atoms with Gasteiger partial charge >= 0.3 is 0 Å². The van der Waals surface area contributed by atoms with Gasteiger partial charge in [0.05, 0.1) is 23.5 Å². The van der Waals surface area contributed by atoms with Gasteiger partial charge in [-0.15, -0.1) is 0 Å². The monoisotopic (exact) mass is 215 g/mol. The molecule has 6 heteroatoms. The van der Waals surface area contributed by atoms with Crippen molar-refractivity contribution in [2.75, 3.05) is 5.73 Å². The zero-order chi connectivity index (χ0) is 11.1. The number of rotatable bonds is 1. The molecule has 0 bridgehead atoms. The van der Waals surface area contributed by atoms with Gasteiger partial charge in [0, 0.05) is 18.0 Å². The van der Waals surface area contributed by atoms with E-state index in [1.807, 2.05) is 6.92 Å². The summed E-state index contributed by atoms with van der Waals surface area (Å²) in [6, 6.07) is 0. The Kier molecular flexibility index (Phi) is 1.70. The molecule has 0 aliphatic rings. The lowest BCUT2D eigenvalue weighted by atomic mass is 10.1. The van der Waals surface area contributed by atoms with Crippen molar-refractivity contribution in [3.63, 3.8) is 0 Å². The second kappa shape index (κ2) is 3.06. The third-order valence-corrected chi connectivity index (χ3v) is 2.54. The molecule has 0 aliphatic carbocycles. The third kappa shape index (κ3) is 1.10. The maximum absolute atomic E-state index is 5.62. The van der Waals surface area contributed by atoms with Crippen LogP contribution in [0.2, 0.25) is 0 Å². The van der Waals surface area contributed by atoms with Crippen LogP contribution in [0.5, 0.6) is 0 Å². The minimum Gasteiger partial charge on any atom is -0.367 e. The van der Waals surface area contributed by atoms with E-state index < -0.39 is 0 Å².